The van der Waals surface area contributed by atoms with Crippen LogP contribution in [-0.2, 0) is 9.53 Å². The number of rotatable bonds is 7. The van der Waals surface area contributed by atoms with Crippen LogP contribution in [0, 0.1) is 13.8 Å². The molecule has 2 rings (SSSR count). The molecular weight excluding hydrogens is 392 g/mol. The van der Waals surface area contributed by atoms with Gasteiger partial charge in [0.2, 0.25) is 5.91 Å². The van der Waals surface area contributed by atoms with Crippen LogP contribution >= 0.6 is 11.3 Å². The van der Waals surface area contributed by atoms with E-state index in [1.807, 2.05) is 0 Å². The first-order valence-electron chi connectivity index (χ1n) is 8.54. The summed E-state index contributed by atoms with van der Waals surface area (Å²) in [6.45, 7) is 7.81. The number of carbonyl (C=O) groups is 3. The molecule has 1 atom stereocenters. The van der Waals surface area contributed by atoms with Crippen molar-refractivity contribution in [2.45, 2.75) is 47.1 Å². The standard InChI is InChI=1S/C18H21F2N3O4S/c1-6-27-18(26)13-9(3)14(11(5)24)28-17(13)21-16(25)10(4)23-8(2)7-12(22-23)15(19)20/h7,10,15H,6H2,1-5H3,(H,21,25). The van der Waals surface area contributed by atoms with E-state index in [-0.39, 0.29) is 23.0 Å². The Morgan fingerprint density at radius 2 is 1.96 bits per heavy atom. The third-order valence-corrected chi connectivity index (χ3v) is 5.40. The monoisotopic (exact) mass is 413 g/mol. The summed E-state index contributed by atoms with van der Waals surface area (Å²) in [4.78, 5) is 37.1. The van der Waals surface area contributed by atoms with E-state index in [1.54, 1.807) is 20.8 Å². The van der Waals surface area contributed by atoms with E-state index >= 15 is 0 Å². The summed E-state index contributed by atoms with van der Waals surface area (Å²) in [5.41, 5.74) is 0.516. The Balaban J connectivity index is 2.36. The van der Waals surface area contributed by atoms with Crippen LogP contribution in [0.4, 0.5) is 13.8 Å². The van der Waals surface area contributed by atoms with Crippen molar-refractivity contribution in [3.05, 3.63) is 33.5 Å². The fraction of sp³-hybridized carbons (Fsp3) is 0.444. The third-order valence-electron chi connectivity index (χ3n) is 4.09. The molecule has 2 aromatic rings. The predicted molar refractivity (Wildman–Crippen MR) is 100 cm³/mol. The van der Waals surface area contributed by atoms with Gasteiger partial charge in [-0.2, -0.15) is 5.10 Å². The quantitative estimate of drug-likeness (QED) is 0.546. The topological polar surface area (TPSA) is 90.3 Å². The second-order valence-electron chi connectivity index (χ2n) is 6.16. The summed E-state index contributed by atoms with van der Waals surface area (Å²) in [6, 6.07) is 0.299. The van der Waals surface area contributed by atoms with Gasteiger partial charge < -0.3 is 10.1 Å². The van der Waals surface area contributed by atoms with E-state index in [4.69, 9.17) is 4.74 Å². The Labute approximate surface area is 164 Å². The Morgan fingerprint density at radius 1 is 1.32 bits per heavy atom. The third kappa shape index (κ3) is 4.27. The maximum Gasteiger partial charge on any atom is 0.341 e. The van der Waals surface area contributed by atoms with Gasteiger partial charge in [-0.3, -0.25) is 14.3 Å². The highest BCUT2D eigenvalue weighted by Gasteiger charge is 2.27. The fourth-order valence-electron chi connectivity index (χ4n) is 2.72. The number of halogens is 2. The molecule has 152 valence electrons. The molecule has 0 aliphatic rings. The van der Waals surface area contributed by atoms with Crippen molar-refractivity contribution in [1.29, 1.82) is 0 Å². The van der Waals surface area contributed by atoms with Crippen LogP contribution in [0.5, 0.6) is 0 Å². The minimum atomic E-state index is -2.75. The summed E-state index contributed by atoms with van der Waals surface area (Å²) in [5.74, 6) is -1.46. The van der Waals surface area contributed by atoms with Gasteiger partial charge in [-0.05, 0) is 46.2 Å². The first-order valence-corrected chi connectivity index (χ1v) is 9.36. The van der Waals surface area contributed by atoms with Crippen LogP contribution in [0.3, 0.4) is 0 Å². The molecule has 28 heavy (non-hydrogen) atoms. The van der Waals surface area contributed by atoms with Crippen LogP contribution < -0.4 is 5.32 Å². The molecule has 0 spiro atoms. The molecule has 0 fully saturated rings. The number of carbonyl (C=O) groups excluding carboxylic acids is 3. The molecule has 7 nitrogen and oxygen atoms in total. The molecule has 1 N–H and O–H groups in total. The number of Topliss-reactive ketones (excluding diaryl/α,β-unsaturated/α-hetero) is 1. The zero-order valence-electron chi connectivity index (χ0n) is 16.1. The Bertz CT molecular complexity index is 920. The van der Waals surface area contributed by atoms with Crippen molar-refractivity contribution in [3.8, 4) is 0 Å². The Morgan fingerprint density at radius 3 is 2.46 bits per heavy atom. The number of anilines is 1. The summed E-state index contributed by atoms with van der Waals surface area (Å²) in [7, 11) is 0. The first kappa shape index (κ1) is 21.7. The van der Waals surface area contributed by atoms with Crippen LogP contribution in [0.15, 0.2) is 6.07 Å². The second kappa shape index (κ2) is 8.59. The lowest BCUT2D eigenvalue weighted by atomic mass is 10.1. The molecule has 0 saturated heterocycles. The van der Waals surface area contributed by atoms with Crippen molar-refractivity contribution in [3.63, 3.8) is 0 Å². The van der Waals surface area contributed by atoms with Gasteiger partial charge in [-0.15, -0.1) is 11.3 Å². The molecule has 2 aromatic heterocycles. The number of nitrogens with zero attached hydrogens (tertiary/aromatic N) is 2. The molecule has 0 aromatic carbocycles. The number of ketones is 1. The summed E-state index contributed by atoms with van der Waals surface area (Å²) >= 11 is 0.972. The predicted octanol–water partition coefficient (Wildman–Crippen LogP) is 4.08. The number of alkyl halides is 2. The Hall–Kier alpha value is -2.62. The van der Waals surface area contributed by atoms with Gasteiger partial charge in [-0.1, -0.05) is 0 Å². The van der Waals surface area contributed by atoms with Gasteiger partial charge in [0.1, 0.15) is 16.7 Å². The van der Waals surface area contributed by atoms with Crippen molar-refractivity contribution in [2.75, 3.05) is 11.9 Å². The highest BCUT2D eigenvalue weighted by atomic mass is 32.1. The average molecular weight is 413 g/mol. The average Bonchev–Trinajstić information content (AvgIpc) is 3.15. The number of hydrogen-bond donors (Lipinski definition) is 1. The smallest absolute Gasteiger partial charge is 0.341 e. The molecule has 0 radical (unpaired) electrons. The summed E-state index contributed by atoms with van der Waals surface area (Å²) in [6.07, 6.45) is -2.75. The molecule has 2 heterocycles. The van der Waals surface area contributed by atoms with E-state index < -0.39 is 30.0 Å². The largest absolute Gasteiger partial charge is 0.462 e. The van der Waals surface area contributed by atoms with Gasteiger partial charge in [0.15, 0.2) is 5.78 Å². The molecule has 10 heteroatoms. The van der Waals surface area contributed by atoms with Crippen LogP contribution in [0.2, 0.25) is 0 Å². The Kier molecular flexibility index (Phi) is 6.65. The highest BCUT2D eigenvalue weighted by Crippen LogP contribution is 2.34. The SMILES string of the molecule is CCOC(=O)c1c(NC(=O)C(C)n2nc(C(F)F)cc2C)sc(C(C)=O)c1C. The number of nitrogens with one attached hydrogen (secondary N) is 1. The molecule has 0 bridgehead atoms. The van der Waals surface area contributed by atoms with Gasteiger partial charge in [0, 0.05) is 5.69 Å². The van der Waals surface area contributed by atoms with E-state index in [9.17, 15) is 23.2 Å². The normalized spacial score (nSPS) is 12.1. The maximum atomic E-state index is 12.9. The van der Waals surface area contributed by atoms with Crippen molar-refractivity contribution < 1.29 is 27.9 Å². The zero-order chi connectivity index (χ0) is 21.2. The van der Waals surface area contributed by atoms with Gasteiger partial charge >= 0.3 is 5.97 Å². The second-order valence-corrected chi connectivity index (χ2v) is 7.18. The molecule has 0 saturated carbocycles. The number of amides is 1. The molecule has 0 aliphatic heterocycles. The van der Waals surface area contributed by atoms with E-state index in [0.717, 1.165) is 11.3 Å². The highest BCUT2D eigenvalue weighted by molar-refractivity contribution is 7.18. The van der Waals surface area contributed by atoms with Crippen LogP contribution in [-0.4, -0.2) is 34.0 Å². The number of thiophene rings is 1. The van der Waals surface area contributed by atoms with Crippen molar-refractivity contribution in [2.24, 2.45) is 0 Å². The van der Waals surface area contributed by atoms with E-state index in [0.29, 0.717) is 16.1 Å². The van der Waals surface area contributed by atoms with Crippen molar-refractivity contribution >= 4 is 34.0 Å². The molecule has 1 unspecified atom stereocenters. The lowest BCUT2D eigenvalue weighted by Crippen LogP contribution is -2.25. The van der Waals surface area contributed by atoms with Crippen LogP contribution in [0.1, 0.15) is 70.2 Å². The minimum Gasteiger partial charge on any atom is -0.462 e. The number of aryl methyl sites for hydroxylation is 1. The molecule has 0 aliphatic carbocycles. The van der Waals surface area contributed by atoms with E-state index in [1.165, 1.54) is 24.6 Å². The molecule has 1 amide bonds. The van der Waals surface area contributed by atoms with Crippen LogP contribution in [0.25, 0.3) is 0 Å². The molecular formula is C18H21F2N3O4S. The number of ether oxygens (including phenoxy) is 1. The number of esters is 1. The summed E-state index contributed by atoms with van der Waals surface area (Å²) < 4.78 is 31.9. The number of hydrogen-bond acceptors (Lipinski definition) is 6. The van der Waals surface area contributed by atoms with Gasteiger partial charge in [0.25, 0.3) is 6.43 Å². The minimum absolute atomic E-state index is 0.114. The lowest BCUT2D eigenvalue weighted by Gasteiger charge is -2.14. The van der Waals surface area contributed by atoms with Gasteiger partial charge in [-0.25, -0.2) is 13.6 Å². The zero-order valence-corrected chi connectivity index (χ0v) is 16.9. The van der Waals surface area contributed by atoms with Gasteiger partial charge in [0.05, 0.1) is 17.0 Å². The maximum absolute atomic E-state index is 12.9. The van der Waals surface area contributed by atoms with E-state index in [2.05, 4.69) is 10.4 Å². The fourth-order valence-corrected chi connectivity index (χ4v) is 3.82. The first-order chi connectivity index (χ1) is 13.1. The summed E-state index contributed by atoms with van der Waals surface area (Å²) in [5, 5.41) is 6.56. The number of aromatic nitrogens is 2. The van der Waals surface area contributed by atoms with Crippen molar-refractivity contribution in [1.82, 2.24) is 9.78 Å². The lowest BCUT2D eigenvalue weighted by molar-refractivity contribution is -0.119.